The minimum absolute atomic E-state index is 0.189. The number of methoxy groups -OCH3 is 1. The molecule has 0 aromatic carbocycles. The highest BCUT2D eigenvalue weighted by Crippen LogP contribution is 2.08. The molecular weight excluding hydrogens is 246 g/mol. The summed E-state index contributed by atoms with van der Waals surface area (Å²) < 4.78 is 9.68. The summed E-state index contributed by atoms with van der Waals surface area (Å²) in [7, 11) is 1.28. The van der Waals surface area contributed by atoms with Gasteiger partial charge >= 0.3 is 11.9 Å². The zero-order valence-corrected chi connectivity index (χ0v) is 11.5. The van der Waals surface area contributed by atoms with E-state index in [-0.39, 0.29) is 5.69 Å². The summed E-state index contributed by atoms with van der Waals surface area (Å²) >= 11 is 0. The normalized spacial score (nSPS) is 11.4. The van der Waals surface area contributed by atoms with Gasteiger partial charge in [-0.3, -0.25) is 0 Å². The smallest absolute Gasteiger partial charge is 0.356 e. The van der Waals surface area contributed by atoms with Crippen LogP contribution in [0, 0.1) is 0 Å². The monoisotopic (exact) mass is 263 g/mol. The molecule has 0 amide bonds. The van der Waals surface area contributed by atoms with E-state index in [1.807, 2.05) is 0 Å². The molecule has 5 heteroatoms. The van der Waals surface area contributed by atoms with Crippen molar-refractivity contribution in [3.05, 3.63) is 35.7 Å². The zero-order valence-electron chi connectivity index (χ0n) is 11.5. The minimum Gasteiger partial charge on any atom is -0.464 e. The average Bonchev–Trinajstić information content (AvgIpc) is 2.34. The van der Waals surface area contributed by atoms with E-state index in [9.17, 15) is 9.59 Å². The largest absolute Gasteiger partial charge is 0.464 e. The van der Waals surface area contributed by atoms with Gasteiger partial charge in [-0.25, -0.2) is 14.6 Å². The highest BCUT2D eigenvalue weighted by Gasteiger charge is 2.14. The molecule has 1 aromatic heterocycles. The molecule has 0 bridgehead atoms. The molecule has 0 atom stereocenters. The van der Waals surface area contributed by atoms with Crippen molar-refractivity contribution in [2.24, 2.45) is 0 Å². The van der Waals surface area contributed by atoms with Crippen LogP contribution in [0.4, 0.5) is 0 Å². The molecule has 0 aliphatic rings. The van der Waals surface area contributed by atoms with Gasteiger partial charge < -0.3 is 9.47 Å². The van der Waals surface area contributed by atoms with Crippen molar-refractivity contribution >= 4 is 18.0 Å². The van der Waals surface area contributed by atoms with Gasteiger partial charge in [0.15, 0.2) is 0 Å². The van der Waals surface area contributed by atoms with E-state index >= 15 is 0 Å². The standard InChI is InChI=1S/C14H17NO4/c1-14(2,3)19-12(16)9-8-10-6-5-7-11(15-10)13(17)18-4/h5-9H,1-4H3. The van der Waals surface area contributed by atoms with E-state index in [2.05, 4.69) is 9.72 Å². The summed E-state index contributed by atoms with van der Waals surface area (Å²) in [5.74, 6) is -0.981. The Kier molecular flexibility index (Phi) is 4.80. The van der Waals surface area contributed by atoms with Gasteiger partial charge in [0.25, 0.3) is 0 Å². The summed E-state index contributed by atoms with van der Waals surface area (Å²) in [5.41, 5.74) is 0.130. The van der Waals surface area contributed by atoms with Gasteiger partial charge in [0.1, 0.15) is 11.3 Å². The van der Waals surface area contributed by atoms with Crippen LogP contribution in [0.1, 0.15) is 37.0 Å². The predicted molar refractivity (Wildman–Crippen MR) is 70.5 cm³/mol. The van der Waals surface area contributed by atoms with Crippen molar-refractivity contribution in [2.45, 2.75) is 26.4 Å². The maximum atomic E-state index is 11.5. The van der Waals surface area contributed by atoms with Gasteiger partial charge in [-0.1, -0.05) is 6.07 Å². The maximum Gasteiger partial charge on any atom is 0.356 e. The minimum atomic E-state index is -0.539. The van der Waals surface area contributed by atoms with Crippen LogP contribution in [0.5, 0.6) is 0 Å². The van der Waals surface area contributed by atoms with Crippen molar-refractivity contribution < 1.29 is 19.1 Å². The predicted octanol–water partition coefficient (Wildman–Crippen LogP) is 2.22. The van der Waals surface area contributed by atoms with Crippen LogP contribution < -0.4 is 0 Å². The second kappa shape index (κ2) is 6.13. The molecule has 0 radical (unpaired) electrons. The summed E-state index contributed by atoms with van der Waals surface area (Å²) in [5, 5.41) is 0. The third kappa shape index (κ3) is 5.33. The number of rotatable bonds is 3. The Morgan fingerprint density at radius 2 is 1.95 bits per heavy atom. The number of pyridine rings is 1. The molecule has 0 saturated carbocycles. The molecule has 1 heterocycles. The maximum absolute atomic E-state index is 11.5. The number of hydrogen-bond donors (Lipinski definition) is 0. The fourth-order valence-electron chi connectivity index (χ4n) is 1.25. The van der Waals surface area contributed by atoms with E-state index in [0.29, 0.717) is 5.69 Å². The van der Waals surface area contributed by atoms with Crippen LogP contribution >= 0.6 is 0 Å². The number of nitrogens with zero attached hydrogens (tertiary/aromatic N) is 1. The summed E-state index contributed by atoms with van der Waals surface area (Å²) in [4.78, 5) is 26.8. The Bertz CT molecular complexity index is 500. The molecule has 0 spiro atoms. The van der Waals surface area contributed by atoms with Gasteiger partial charge in [-0.2, -0.15) is 0 Å². The topological polar surface area (TPSA) is 65.5 Å². The highest BCUT2D eigenvalue weighted by atomic mass is 16.6. The third-order valence-corrected chi connectivity index (χ3v) is 1.96. The third-order valence-electron chi connectivity index (χ3n) is 1.96. The lowest BCUT2D eigenvalue weighted by molar-refractivity contribution is -0.148. The molecule has 1 aromatic rings. The van der Waals surface area contributed by atoms with Gasteiger partial charge in [0, 0.05) is 6.08 Å². The lowest BCUT2D eigenvalue weighted by Crippen LogP contribution is -2.22. The quantitative estimate of drug-likeness (QED) is 0.618. The number of carbonyl (C=O) groups is 2. The van der Waals surface area contributed by atoms with Gasteiger partial charge in [-0.05, 0) is 39.0 Å². The lowest BCUT2D eigenvalue weighted by atomic mass is 10.2. The first-order chi connectivity index (χ1) is 8.81. The van der Waals surface area contributed by atoms with E-state index in [1.54, 1.807) is 32.9 Å². The molecular formula is C14H17NO4. The first kappa shape index (κ1) is 14.9. The molecule has 5 nitrogen and oxygen atoms in total. The van der Waals surface area contributed by atoms with Crippen LogP contribution in [-0.2, 0) is 14.3 Å². The Morgan fingerprint density at radius 3 is 2.53 bits per heavy atom. The molecule has 0 saturated heterocycles. The average molecular weight is 263 g/mol. The van der Waals surface area contributed by atoms with Gasteiger partial charge in [-0.15, -0.1) is 0 Å². The summed E-state index contributed by atoms with van der Waals surface area (Å²) in [6.45, 7) is 5.36. The van der Waals surface area contributed by atoms with E-state index in [1.165, 1.54) is 25.3 Å². The van der Waals surface area contributed by atoms with E-state index in [0.717, 1.165) is 0 Å². The number of aromatic nitrogens is 1. The molecule has 0 unspecified atom stereocenters. The van der Waals surface area contributed by atoms with E-state index < -0.39 is 17.5 Å². The van der Waals surface area contributed by atoms with Crippen LogP contribution in [0.15, 0.2) is 24.3 Å². The van der Waals surface area contributed by atoms with Gasteiger partial charge in [0.05, 0.1) is 12.8 Å². The SMILES string of the molecule is COC(=O)c1cccc(C=CC(=O)OC(C)(C)C)n1. The van der Waals surface area contributed by atoms with Crippen molar-refractivity contribution in [3.63, 3.8) is 0 Å². The van der Waals surface area contributed by atoms with E-state index in [4.69, 9.17) is 4.74 Å². The van der Waals surface area contributed by atoms with Crippen LogP contribution in [0.2, 0.25) is 0 Å². The number of esters is 2. The molecule has 0 aliphatic carbocycles. The first-order valence-electron chi connectivity index (χ1n) is 5.78. The van der Waals surface area contributed by atoms with Crippen molar-refractivity contribution in [2.75, 3.05) is 7.11 Å². The first-order valence-corrected chi connectivity index (χ1v) is 5.78. The second-order valence-electron chi connectivity index (χ2n) is 4.81. The Labute approximate surface area is 112 Å². The summed E-state index contributed by atoms with van der Waals surface area (Å²) in [6.07, 6.45) is 2.76. The van der Waals surface area contributed by atoms with Crippen molar-refractivity contribution in [1.82, 2.24) is 4.98 Å². The molecule has 0 aliphatic heterocycles. The molecule has 19 heavy (non-hydrogen) atoms. The highest BCUT2D eigenvalue weighted by molar-refractivity contribution is 5.89. The zero-order chi connectivity index (χ0) is 14.5. The lowest BCUT2D eigenvalue weighted by Gasteiger charge is -2.17. The van der Waals surface area contributed by atoms with Gasteiger partial charge in [0.2, 0.25) is 0 Å². The molecule has 0 fully saturated rings. The van der Waals surface area contributed by atoms with Crippen molar-refractivity contribution in [1.29, 1.82) is 0 Å². The molecule has 102 valence electrons. The number of carbonyl (C=O) groups excluding carboxylic acids is 2. The fourth-order valence-corrected chi connectivity index (χ4v) is 1.25. The fraction of sp³-hybridized carbons (Fsp3) is 0.357. The Balaban J connectivity index is 2.77. The Morgan fingerprint density at radius 1 is 1.26 bits per heavy atom. The second-order valence-corrected chi connectivity index (χ2v) is 4.81. The summed E-state index contributed by atoms with van der Waals surface area (Å²) in [6, 6.07) is 4.87. The van der Waals surface area contributed by atoms with Crippen LogP contribution in [0.25, 0.3) is 6.08 Å². The molecule has 0 N–H and O–H groups in total. The number of ether oxygens (including phenoxy) is 2. The van der Waals surface area contributed by atoms with Crippen molar-refractivity contribution in [3.8, 4) is 0 Å². The molecule has 1 rings (SSSR count). The Hall–Kier alpha value is -2.17. The number of hydrogen-bond acceptors (Lipinski definition) is 5. The van der Waals surface area contributed by atoms with Crippen LogP contribution in [-0.4, -0.2) is 29.6 Å². The van der Waals surface area contributed by atoms with Crippen LogP contribution in [0.3, 0.4) is 0 Å².